The third-order valence-corrected chi connectivity index (χ3v) is 20.1. The fraction of sp³-hybridized carbons (Fsp3) is 0.200. The molecule has 0 bridgehead atoms. The maximum atomic E-state index is 7.32. The van der Waals surface area contributed by atoms with Gasteiger partial charge < -0.3 is 27.6 Å². The average molecular weight is 1420 g/mol. The van der Waals surface area contributed by atoms with Crippen molar-refractivity contribution in [2.45, 2.75) is 96.9 Å². The smallest absolute Gasteiger partial charge is 0.400 e. The van der Waals surface area contributed by atoms with E-state index < -0.39 is 30.1 Å². The van der Waals surface area contributed by atoms with Crippen molar-refractivity contribution in [2.24, 2.45) is 0 Å². The van der Waals surface area contributed by atoms with E-state index in [0.717, 1.165) is 68.3 Å². The third-order valence-electron chi connectivity index (χ3n) is 14.6. The van der Waals surface area contributed by atoms with E-state index in [-0.39, 0.29) is 44.8 Å². The van der Waals surface area contributed by atoms with E-state index in [2.05, 4.69) is 287 Å². The molecule has 0 aliphatic carbocycles. The molecule has 0 aliphatic heterocycles. The van der Waals surface area contributed by atoms with Crippen LogP contribution in [0.25, 0.3) is 0 Å². The van der Waals surface area contributed by atoms with Crippen molar-refractivity contribution >= 4 is 61.9 Å². The Kier molecular flexibility index (Phi) is 29.1. The van der Waals surface area contributed by atoms with Gasteiger partial charge in [-0.2, -0.15) is 10.5 Å². The van der Waals surface area contributed by atoms with Crippen LogP contribution in [0.5, 0.6) is 0 Å². The number of hydrogen-bond acceptors (Lipinski definition) is 8. The minimum absolute atomic E-state index is 0. The predicted octanol–water partition coefficient (Wildman–Crippen LogP) is 11.0. The Bertz CT molecular complexity index is 3480. The zero-order valence-electron chi connectivity index (χ0n) is 54.1. The molecule has 6 aromatic heterocycles. The number of rotatable bonds is 12. The largest absolute Gasteiger partial charge is 1.00 e. The van der Waals surface area contributed by atoms with Crippen molar-refractivity contribution in [3.63, 3.8) is 0 Å². The number of aryl methyl sites for hydroxylation is 12. The summed E-state index contributed by atoms with van der Waals surface area (Å²) in [6.45, 7) is 27.4. The summed E-state index contributed by atoms with van der Waals surface area (Å²) in [6.07, 6.45) is 0. The summed E-state index contributed by atoms with van der Waals surface area (Å²) in [6, 6.07) is 81.1. The molecule has 0 atom stereocenters. The molecule has 20 heteroatoms. The number of hydrogen-bond donors (Lipinski definition) is 0. The quantitative estimate of drug-likeness (QED) is 0.0865. The Morgan fingerprint density at radius 3 is 0.489 bits per heavy atom. The first-order chi connectivity index (χ1) is 42.5. The van der Waals surface area contributed by atoms with E-state index in [1.807, 2.05) is 41.5 Å². The van der Waals surface area contributed by atoms with Crippen LogP contribution in [0, 0.1) is 106 Å². The van der Waals surface area contributed by atoms with Gasteiger partial charge in [-0.15, -0.1) is 0 Å². The molecule has 0 fully saturated rings. The minimum Gasteiger partial charge on any atom is -0.400 e. The second-order valence-corrected chi connectivity index (χ2v) is 26.8. The summed E-state index contributed by atoms with van der Waals surface area (Å²) >= 11 is 0. The van der Waals surface area contributed by atoms with Gasteiger partial charge in [0, 0.05) is 13.8 Å². The molecule has 0 N–H and O–H groups in total. The van der Waals surface area contributed by atoms with Gasteiger partial charge in [0.2, 0.25) is 0 Å². The fourth-order valence-electron chi connectivity index (χ4n) is 11.2. The van der Waals surface area contributed by atoms with Crippen molar-refractivity contribution in [1.82, 2.24) is 58.1 Å². The van der Waals surface area contributed by atoms with E-state index in [4.69, 9.17) is 41.1 Å². The van der Waals surface area contributed by atoms with Gasteiger partial charge in [-0.1, -0.05) is 109 Å². The number of aromatic nitrogens is 12. The summed E-state index contributed by atoms with van der Waals surface area (Å²) in [5.74, 6) is 0. The Morgan fingerprint density at radius 1 is 0.267 bits per heavy atom. The molecule has 0 spiro atoms. The molecular formula is C70H82Ag2B2N14P2+2. The van der Waals surface area contributed by atoms with Crippen molar-refractivity contribution in [2.75, 3.05) is 0 Å². The second kappa shape index (κ2) is 36.0. The zero-order valence-corrected chi connectivity index (χ0v) is 59.0. The van der Waals surface area contributed by atoms with Crippen molar-refractivity contribution < 1.29 is 44.8 Å². The molecule has 90 heavy (non-hydrogen) atoms. The topological polar surface area (TPSA) is 154 Å². The Hall–Kier alpha value is -7.97. The van der Waals surface area contributed by atoms with Crippen LogP contribution in [-0.2, 0) is 44.8 Å². The van der Waals surface area contributed by atoms with E-state index in [1.54, 1.807) is 12.1 Å². The van der Waals surface area contributed by atoms with Gasteiger partial charge in [0.05, 0.1) is 62.1 Å². The predicted molar refractivity (Wildman–Crippen MR) is 373 cm³/mol. The molecule has 0 unspecified atom stereocenters. The van der Waals surface area contributed by atoms with Crippen molar-refractivity contribution in [1.29, 1.82) is 10.5 Å². The van der Waals surface area contributed by atoms with Crippen LogP contribution in [0.1, 0.15) is 82.2 Å². The number of benzene rings is 6. The number of nitriles is 2. The summed E-state index contributed by atoms with van der Waals surface area (Å²) < 4.78 is 12.4. The van der Waals surface area contributed by atoms with Crippen LogP contribution in [0.4, 0.5) is 0 Å². The van der Waals surface area contributed by atoms with Crippen molar-refractivity contribution in [3.05, 3.63) is 287 Å². The van der Waals surface area contributed by atoms with Crippen LogP contribution in [0.3, 0.4) is 0 Å². The monoisotopic (exact) mass is 1420 g/mol. The molecule has 12 aromatic rings. The van der Waals surface area contributed by atoms with Gasteiger partial charge in [-0.25, -0.2) is 30.6 Å². The molecule has 0 saturated carbocycles. The van der Waals surface area contributed by atoms with Crippen LogP contribution in [-0.4, -0.2) is 72.4 Å². The van der Waals surface area contributed by atoms with Gasteiger partial charge >= 0.3 is 59.0 Å². The molecule has 12 rings (SSSR count). The van der Waals surface area contributed by atoms with Crippen LogP contribution < -0.4 is 31.8 Å². The minimum atomic E-state index is -1.26. The molecule has 6 heterocycles. The van der Waals surface area contributed by atoms with Crippen LogP contribution in [0.15, 0.2) is 218 Å². The molecule has 0 radical (unpaired) electrons. The third kappa shape index (κ3) is 19.5. The van der Waals surface area contributed by atoms with Gasteiger partial charge in [0.15, 0.2) is 0 Å². The summed E-state index contributed by atoms with van der Waals surface area (Å²) in [5.41, 5.74) is 12.8. The van der Waals surface area contributed by atoms with Crippen LogP contribution >= 0.6 is 15.8 Å². The molecule has 0 saturated heterocycles. The first-order valence-electron chi connectivity index (χ1n) is 29.7. The summed E-state index contributed by atoms with van der Waals surface area (Å²) in [7, 11) is -4.27. The second-order valence-electron chi connectivity index (χ2n) is 21.8. The number of nitrogens with zero attached hydrogens (tertiary/aromatic N) is 14. The van der Waals surface area contributed by atoms with Crippen LogP contribution in [0.2, 0.25) is 0 Å². The standard InChI is InChI=1S/2C18H15P.2C15H22BN6.2C2H3N.2Ag/c2*1-4-10-16(11-5-1)19(17-12-6-2-7-13-17)18-14-8-3-9-15-18;2*1-10-7-13(4)20(17-10)16(21-14(5)8-11(2)18-21)22-15(6)9-12(3)19-22;2*1-2-3;;/h2*1-15H;2*7-9,16H,1-6H3;2*1H3;;/q;;2*-1;;;2*+1/p+2. The molecule has 0 aliphatic rings. The summed E-state index contributed by atoms with van der Waals surface area (Å²) in [4.78, 5) is 0. The van der Waals surface area contributed by atoms with E-state index >= 15 is 0 Å². The zero-order chi connectivity index (χ0) is 63.3. The summed E-state index contributed by atoms with van der Waals surface area (Å²) in [5, 5.41) is 51.4. The SMILES string of the molecule is CC#N.CC#N.Cc1cc(C)n([BH-](n2nc(C)cc2C)n2nc(C)cc2C)n1.Cc1cc(C)n([BH-](n2nc(C)cc2C)n2nc(C)cc2C)n1.[Ag+].[Ag+].c1ccc([PH+](c2ccccc2)c2ccccc2)cc1.c1ccc([PH+](c2ccccc2)c2ccccc2)cc1. The molecule has 0 amide bonds. The van der Waals surface area contributed by atoms with E-state index in [0.29, 0.717) is 0 Å². The maximum absolute atomic E-state index is 7.32. The van der Waals surface area contributed by atoms with Gasteiger partial charge in [0.1, 0.15) is 31.8 Å². The Labute approximate surface area is 566 Å². The normalized spacial score (nSPS) is 10.3. The molecule has 14 nitrogen and oxygen atoms in total. The van der Waals surface area contributed by atoms with Gasteiger partial charge in [-0.05, 0) is 226 Å². The maximum Gasteiger partial charge on any atom is 1.00 e. The first kappa shape index (κ1) is 72.8. The van der Waals surface area contributed by atoms with Gasteiger partial charge in [0.25, 0.3) is 0 Å². The molecule has 6 aromatic carbocycles. The first-order valence-corrected chi connectivity index (χ1v) is 32.7. The van der Waals surface area contributed by atoms with E-state index in [9.17, 15) is 0 Å². The van der Waals surface area contributed by atoms with Gasteiger partial charge in [-0.3, -0.25) is 0 Å². The molecular weight excluding hydrogens is 1340 g/mol. The average Bonchev–Trinajstić information content (AvgIpc) is 1.90. The van der Waals surface area contributed by atoms with E-state index in [1.165, 1.54) is 45.7 Å². The Morgan fingerprint density at radius 2 is 0.389 bits per heavy atom. The van der Waals surface area contributed by atoms with Crippen molar-refractivity contribution in [3.8, 4) is 12.1 Å². The molecule has 468 valence electrons. The Balaban J connectivity index is 0.000000210. The fourth-order valence-corrected chi connectivity index (χ4v) is 16.3.